The number of halogens is 1. The van der Waals surface area contributed by atoms with Gasteiger partial charge >= 0.3 is 6.03 Å². The molecule has 20 heavy (non-hydrogen) atoms. The van der Waals surface area contributed by atoms with Crippen molar-refractivity contribution in [3.05, 3.63) is 22.8 Å². The van der Waals surface area contributed by atoms with Crippen LogP contribution in [-0.4, -0.2) is 41.2 Å². The highest BCUT2D eigenvalue weighted by molar-refractivity contribution is 9.10. The Morgan fingerprint density at radius 1 is 1.50 bits per heavy atom. The van der Waals surface area contributed by atoms with Crippen LogP contribution in [0.3, 0.4) is 0 Å². The standard InChI is InChI=1S/C14H20BrN3O2/c1-10(2)17-14(19)18-8-5-11(6-9-18)20-13-12(15)4-3-7-16-13/h3-4,7,10-11H,5-6,8-9H2,1-2H3,(H,17,19). The molecule has 1 N–H and O–H groups in total. The van der Waals surface area contributed by atoms with Gasteiger partial charge in [-0.15, -0.1) is 0 Å². The second-order valence-corrected chi connectivity index (χ2v) is 6.05. The number of piperidine rings is 1. The number of nitrogens with one attached hydrogen (secondary N) is 1. The molecule has 0 aliphatic carbocycles. The van der Waals surface area contributed by atoms with E-state index in [1.54, 1.807) is 6.20 Å². The van der Waals surface area contributed by atoms with Crippen molar-refractivity contribution in [2.75, 3.05) is 13.1 Å². The molecule has 1 aliphatic rings. The van der Waals surface area contributed by atoms with E-state index in [2.05, 4.69) is 26.2 Å². The quantitative estimate of drug-likeness (QED) is 0.919. The summed E-state index contributed by atoms with van der Waals surface area (Å²) in [4.78, 5) is 17.9. The lowest BCUT2D eigenvalue weighted by molar-refractivity contribution is 0.106. The fourth-order valence-corrected chi connectivity index (χ4v) is 2.48. The number of pyridine rings is 1. The summed E-state index contributed by atoms with van der Waals surface area (Å²) in [5.41, 5.74) is 0. The highest BCUT2D eigenvalue weighted by Crippen LogP contribution is 2.24. The zero-order chi connectivity index (χ0) is 14.5. The van der Waals surface area contributed by atoms with Crippen LogP contribution in [0.15, 0.2) is 22.8 Å². The highest BCUT2D eigenvalue weighted by atomic mass is 79.9. The highest BCUT2D eigenvalue weighted by Gasteiger charge is 2.24. The number of carbonyl (C=O) groups excluding carboxylic acids is 1. The fraction of sp³-hybridized carbons (Fsp3) is 0.571. The summed E-state index contributed by atoms with van der Waals surface area (Å²) in [6, 6.07) is 3.95. The maximum Gasteiger partial charge on any atom is 0.317 e. The Balaban J connectivity index is 1.83. The molecule has 0 unspecified atom stereocenters. The zero-order valence-corrected chi connectivity index (χ0v) is 13.4. The van der Waals surface area contributed by atoms with Crippen molar-refractivity contribution in [3.8, 4) is 5.88 Å². The van der Waals surface area contributed by atoms with Crippen molar-refractivity contribution in [2.24, 2.45) is 0 Å². The van der Waals surface area contributed by atoms with Crippen LogP contribution < -0.4 is 10.1 Å². The van der Waals surface area contributed by atoms with Crippen molar-refractivity contribution >= 4 is 22.0 Å². The number of hydrogen-bond acceptors (Lipinski definition) is 3. The summed E-state index contributed by atoms with van der Waals surface area (Å²) in [5.74, 6) is 0.623. The fourth-order valence-electron chi connectivity index (χ4n) is 2.13. The van der Waals surface area contributed by atoms with Crippen LogP contribution >= 0.6 is 15.9 Å². The van der Waals surface area contributed by atoms with E-state index < -0.39 is 0 Å². The molecule has 0 spiro atoms. The van der Waals surface area contributed by atoms with Gasteiger partial charge in [0, 0.05) is 38.2 Å². The Labute approximate surface area is 127 Å². The minimum atomic E-state index is 0.0115. The van der Waals surface area contributed by atoms with Gasteiger partial charge in [0.05, 0.1) is 4.47 Å². The van der Waals surface area contributed by atoms with Gasteiger partial charge in [-0.3, -0.25) is 0 Å². The lowest BCUT2D eigenvalue weighted by Gasteiger charge is -2.32. The molecule has 0 atom stereocenters. The van der Waals surface area contributed by atoms with Crippen LogP contribution in [-0.2, 0) is 0 Å². The van der Waals surface area contributed by atoms with Gasteiger partial charge < -0.3 is 15.0 Å². The van der Waals surface area contributed by atoms with Gasteiger partial charge in [0.2, 0.25) is 5.88 Å². The molecular formula is C14H20BrN3O2. The molecule has 110 valence electrons. The molecular weight excluding hydrogens is 322 g/mol. The van der Waals surface area contributed by atoms with Gasteiger partial charge in [0.1, 0.15) is 6.10 Å². The van der Waals surface area contributed by atoms with Gasteiger partial charge in [-0.1, -0.05) is 0 Å². The van der Waals surface area contributed by atoms with E-state index in [4.69, 9.17) is 4.74 Å². The number of rotatable bonds is 3. The number of hydrogen-bond donors (Lipinski definition) is 1. The van der Waals surface area contributed by atoms with Crippen molar-refractivity contribution in [2.45, 2.75) is 38.8 Å². The van der Waals surface area contributed by atoms with Crippen molar-refractivity contribution < 1.29 is 9.53 Å². The Bertz CT molecular complexity index is 459. The topological polar surface area (TPSA) is 54.5 Å². The lowest BCUT2D eigenvalue weighted by Crippen LogP contribution is -2.48. The second-order valence-electron chi connectivity index (χ2n) is 5.20. The van der Waals surface area contributed by atoms with Gasteiger partial charge in [0.15, 0.2) is 0 Å². The number of nitrogens with zero attached hydrogens (tertiary/aromatic N) is 2. The van der Waals surface area contributed by atoms with Crippen molar-refractivity contribution in [3.63, 3.8) is 0 Å². The van der Waals surface area contributed by atoms with Crippen LogP contribution in [0.25, 0.3) is 0 Å². The molecule has 0 bridgehead atoms. The third-order valence-corrected chi connectivity index (χ3v) is 3.75. The van der Waals surface area contributed by atoms with Gasteiger partial charge in [-0.2, -0.15) is 0 Å². The summed E-state index contributed by atoms with van der Waals surface area (Å²) < 4.78 is 6.74. The smallest absolute Gasteiger partial charge is 0.317 e. The van der Waals surface area contributed by atoms with Crippen LogP contribution in [0.2, 0.25) is 0 Å². The Hall–Kier alpha value is -1.30. The summed E-state index contributed by atoms with van der Waals surface area (Å²) in [7, 11) is 0. The first-order valence-electron chi connectivity index (χ1n) is 6.89. The van der Waals surface area contributed by atoms with Gasteiger partial charge in [-0.25, -0.2) is 9.78 Å². The number of amides is 2. The maximum atomic E-state index is 11.9. The first-order chi connectivity index (χ1) is 9.56. The minimum absolute atomic E-state index is 0.0115. The van der Waals surface area contributed by atoms with E-state index in [-0.39, 0.29) is 18.2 Å². The van der Waals surface area contributed by atoms with Gasteiger partial charge in [0.25, 0.3) is 0 Å². The van der Waals surface area contributed by atoms with Crippen LogP contribution in [0.5, 0.6) is 5.88 Å². The van der Waals surface area contributed by atoms with E-state index in [0.29, 0.717) is 19.0 Å². The second kappa shape index (κ2) is 6.92. The number of carbonyl (C=O) groups is 1. The first kappa shape index (κ1) is 15.1. The normalized spacial score (nSPS) is 16.3. The summed E-state index contributed by atoms with van der Waals surface area (Å²) in [6.45, 7) is 5.36. The molecule has 1 saturated heterocycles. The molecule has 2 heterocycles. The first-order valence-corrected chi connectivity index (χ1v) is 7.68. The Kier molecular flexibility index (Phi) is 5.23. The minimum Gasteiger partial charge on any atom is -0.473 e. The molecule has 1 aromatic heterocycles. The molecule has 2 amide bonds. The molecule has 6 heteroatoms. The SMILES string of the molecule is CC(C)NC(=O)N1CCC(Oc2ncccc2Br)CC1. The van der Waals surface area contributed by atoms with Crippen LogP contribution in [0, 0.1) is 0 Å². The van der Waals surface area contributed by atoms with E-state index in [1.807, 2.05) is 30.9 Å². The number of ether oxygens (including phenoxy) is 1. The molecule has 0 aromatic carbocycles. The maximum absolute atomic E-state index is 11.9. The van der Waals surface area contributed by atoms with E-state index in [1.165, 1.54) is 0 Å². The van der Waals surface area contributed by atoms with Crippen LogP contribution in [0.1, 0.15) is 26.7 Å². The number of urea groups is 1. The Morgan fingerprint density at radius 2 is 2.20 bits per heavy atom. The summed E-state index contributed by atoms with van der Waals surface area (Å²) in [6.07, 6.45) is 3.48. The Morgan fingerprint density at radius 3 is 2.80 bits per heavy atom. The predicted molar refractivity (Wildman–Crippen MR) is 80.8 cm³/mol. The third-order valence-electron chi connectivity index (χ3n) is 3.14. The predicted octanol–water partition coefficient (Wildman–Crippen LogP) is 2.81. The van der Waals surface area contributed by atoms with Crippen LogP contribution in [0.4, 0.5) is 4.79 Å². The molecule has 0 saturated carbocycles. The molecule has 1 fully saturated rings. The van der Waals surface area contributed by atoms with Crippen molar-refractivity contribution in [1.29, 1.82) is 0 Å². The van der Waals surface area contributed by atoms with E-state index >= 15 is 0 Å². The van der Waals surface area contributed by atoms with E-state index in [9.17, 15) is 4.79 Å². The number of aromatic nitrogens is 1. The largest absolute Gasteiger partial charge is 0.473 e. The summed E-state index contributed by atoms with van der Waals surface area (Å²) in [5, 5.41) is 2.91. The monoisotopic (exact) mass is 341 g/mol. The zero-order valence-electron chi connectivity index (χ0n) is 11.8. The average Bonchev–Trinajstić information content (AvgIpc) is 2.41. The summed E-state index contributed by atoms with van der Waals surface area (Å²) >= 11 is 3.42. The third kappa shape index (κ3) is 4.10. The van der Waals surface area contributed by atoms with E-state index in [0.717, 1.165) is 17.3 Å². The number of likely N-dealkylation sites (tertiary alicyclic amines) is 1. The average molecular weight is 342 g/mol. The molecule has 1 aliphatic heterocycles. The molecule has 2 rings (SSSR count). The molecule has 1 aromatic rings. The molecule has 0 radical (unpaired) electrons. The molecule has 5 nitrogen and oxygen atoms in total. The van der Waals surface area contributed by atoms with Gasteiger partial charge in [-0.05, 0) is 41.9 Å². The van der Waals surface area contributed by atoms with Crippen molar-refractivity contribution in [1.82, 2.24) is 15.2 Å². The lowest BCUT2D eigenvalue weighted by atomic mass is 10.1.